The SMILES string of the molecule is Cl.NC(N)=NNC(=O)c1ccc(O)c(O)c1. The minimum absolute atomic E-state index is 0. The average Bonchev–Trinajstić information content (AvgIpc) is 2.18. The van der Waals surface area contributed by atoms with E-state index in [-0.39, 0.29) is 29.7 Å². The van der Waals surface area contributed by atoms with Crippen molar-refractivity contribution in [2.24, 2.45) is 16.6 Å². The topological polar surface area (TPSA) is 134 Å². The highest BCUT2D eigenvalue weighted by Crippen LogP contribution is 2.24. The van der Waals surface area contributed by atoms with Crippen molar-refractivity contribution < 1.29 is 15.0 Å². The highest BCUT2D eigenvalue weighted by Gasteiger charge is 2.07. The third kappa shape index (κ3) is 3.54. The number of hydrogen-bond acceptors (Lipinski definition) is 4. The van der Waals surface area contributed by atoms with Crippen LogP contribution in [0.15, 0.2) is 23.3 Å². The van der Waals surface area contributed by atoms with Gasteiger partial charge in [-0.2, -0.15) is 0 Å². The average molecular weight is 247 g/mol. The van der Waals surface area contributed by atoms with Crippen LogP contribution in [0.3, 0.4) is 0 Å². The number of carbonyl (C=O) groups excluding carboxylic acids is 1. The van der Waals surface area contributed by atoms with Crippen LogP contribution in [0.1, 0.15) is 10.4 Å². The monoisotopic (exact) mass is 246 g/mol. The van der Waals surface area contributed by atoms with Crippen LogP contribution in [0.25, 0.3) is 0 Å². The number of amides is 1. The number of phenols is 2. The number of carbonyl (C=O) groups is 1. The number of benzene rings is 1. The van der Waals surface area contributed by atoms with E-state index < -0.39 is 11.7 Å². The van der Waals surface area contributed by atoms with Crippen LogP contribution in [0.5, 0.6) is 11.5 Å². The van der Waals surface area contributed by atoms with E-state index in [1.807, 2.05) is 0 Å². The Morgan fingerprint density at radius 1 is 1.25 bits per heavy atom. The molecule has 1 aromatic rings. The van der Waals surface area contributed by atoms with Crippen molar-refractivity contribution in [2.45, 2.75) is 0 Å². The van der Waals surface area contributed by atoms with Crippen molar-refractivity contribution in [3.63, 3.8) is 0 Å². The molecule has 1 aromatic carbocycles. The number of guanidine groups is 1. The molecule has 7 N–H and O–H groups in total. The van der Waals surface area contributed by atoms with E-state index in [1.165, 1.54) is 12.1 Å². The Balaban J connectivity index is 0.00000225. The number of nitrogens with zero attached hydrogens (tertiary/aromatic N) is 1. The van der Waals surface area contributed by atoms with E-state index in [9.17, 15) is 4.79 Å². The van der Waals surface area contributed by atoms with Gasteiger partial charge in [-0.25, -0.2) is 5.43 Å². The number of hydrogen-bond donors (Lipinski definition) is 5. The number of hydrazone groups is 1. The lowest BCUT2D eigenvalue weighted by Gasteiger charge is -2.02. The number of aromatic hydroxyl groups is 2. The zero-order valence-electron chi connectivity index (χ0n) is 8.04. The summed E-state index contributed by atoms with van der Waals surface area (Å²) in [4.78, 5) is 11.3. The van der Waals surface area contributed by atoms with Crippen LogP contribution >= 0.6 is 12.4 Å². The molecule has 0 atom stereocenters. The Bertz CT molecular complexity index is 418. The molecule has 0 radical (unpaired) electrons. The van der Waals surface area contributed by atoms with Crippen LogP contribution in [-0.4, -0.2) is 22.1 Å². The van der Waals surface area contributed by atoms with E-state index in [0.29, 0.717) is 0 Å². The first-order valence-electron chi connectivity index (χ1n) is 3.91. The van der Waals surface area contributed by atoms with Crippen molar-refractivity contribution in [2.75, 3.05) is 0 Å². The van der Waals surface area contributed by atoms with Gasteiger partial charge >= 0.3 is 0 Å². The second-order valence-electron chi connectivity index (χ2n) is 2.68. The van der Waals surface area contributed by atoms with Gasteiger partial charge in [0.1, 0.15) is 0 Å². The molecule has 1 rings (SSSR count). The summed E-state index contributed by atoms with van der Waals surface area (Å²) in [6, 6.07) is 3.58. The smallest absolute Gasteiger partial charge is 0.271 e. The maximum Gasteiger partial charge on any atom is 0.271 e. The fourth-order valence-corrected chi connectivity index (χ4v) is 0.845. The fourth-order valence-electron chi connectivity index (χ4n) is 0.845. The lowest BCUT2D eigenvalue weighted by Crippen LogP contribution is -2.28. The van der Waals surface area contributed by atoms with E-state index in [0.717, 1.165) is 6.07 Å². The molecule has 0 unspecified atom stereocenters. The minimum Gasteiger partial charge on any atom is -0.504 e. The largest absolute Gasteiger partial charge is 0.504 e. The summed E-state index contributed by atoms with van der Waals surface area (Å²) in [5, 5.41) is 21.4. The number of halogens is 1. The van der Waals surface area contributed by atoms with E-state index in [2.05, 4.69) is 10.5 Å². The first-order chi connectivity index (χ1) is 7.00. The van der Waals surface area contributed by atoms with E-state index in [1.54, 1.807) is 0 Å². The molecule has 8 heteroatoms. The van der Waals surface area contributed by atoms with Gasteiger partial charge < -0.3 is 21.7 Å². The third-order valence-electron chi connectivity index (χ3n) is 1.52. The number of phenolic OH excluding ortho intramolecular Hbond substituents is 2. The molecule has 0 heterocycles. The minimum atomic E-state index is -0.598. The van der Waals surface area contributed by atoms with Crippen molar-refractivity contribution in [1.29, 1.82) is 0 Å². The van der Waals surface area contributed by atoms with Gasteiger partial charge in [0.25, 0.3) is 5.91 Å². The summed E-state index contributed by atoms with van der Waals surface area (Å²) < 4.78 is 0. The van der Waals surface area contributed by atoms with E-state index >= 15 is 0 Å². The number of nitrogens with two attached hydrogens (primary N) is 2. The predicted octanol–water partition coefficient (Wildman–Crippen LogP) is -0.562. The first-order valence-corrected chi connectivity index (χ1v) is 3.91. The molecule has 0 aliphatic rings. The quantitative estimate of drug-likeness (QED) is 0.206. The molecule has 0 aromatic heterocycles. The molecular formula is C8H11ClN4O3. The Labute approximate surface area is 97.2 Å². The highest BCUT2D eigenvalue weighted by atomic mass is 35.5. The Morgan fingerprint density at radius 2 is 1.88 bits per heavy atom. The van der Waals surface area contributed by atoms with Crippen molar-refractivity contribution in [1.82, 2.24) is 5.43 Å². The molecule has 0 aliphatic carbocycles. The van der Waals surface area contributed by atoms with Crippen molar-refractivity contribution in [3.05, 3.63) is 23.8 Å². The van der Waals surface area contributed by atoms with Crippen molar-refractivity contribution >= 4 is 24.3 Å². The molecule has 0 aliphatic heterocycles. The summed E-state index contributed by atoms with van der Waals surface area (Å²) in [5.41, 5.74) is 12.2. The number of rotatable bonds is 2. The maximum atomic E-state index is 11.3. The highest BCUT2D eigenvalue weighted by molar-refractivity contribution is 5.95. The third-order valence-corrected chi connectivity index (χ3v) is 1.52. The Kier molecular flexibility index (Phi) is 4.90. The van der Waals surface area contributed by atoms with Crippen LogP contribution in [-0.2, 0) is 0 Å². The first kappa shape index (κ1) is 13.8. The van der Waals surface area contributed by atoms with E-state index in [4.69, 9.17) is 21.7 Å². The van der Waals surface area contributed by atoms with Gasteiger partial charge in [-0.05, 0) is 18.2 Å². The predicted molar refractivity (Wildman–Crippen MR) is 60.3 cm³/mol. The molecule has 1 amide bonds. The van der Waals surface area contributed by atoms with Crippen LogP contribution < -0.4 is 16.9 Å². The summed E-state index contributed by atoms with van der Waals surface area (Å²) in [6.45, 7) is 0. The number of nitrogens with one attached hydrogen (secondary N) is 1. The van der Waals surface area contributed by atoms with Gasteiger partial charge in [0.15, 0.2) is 11.5 Å². The molecule has 88 valence electrons. The van der Waals surface area contributed by atoms with Gasteiger partial charge in [-0.3, -0.25) is 4.79 Å². The summed E-state index contributed by atoms with van der Waals surface area (Å²) in [6.07, 6.45) is 0. The van der Waals surface area contributed by atoms with Gasteiger partial charge in [0.2, 0.25) is 5.96 Å². The van der Waals surface area contributed by atoms with Crippen LogP contribution in [0.2, 0.25) is 0 Å². The molecule has 0 saturated carbocycles. The van der Waals surface area contributed by atoms with Gasteiger partial charge in [0.05, 0.1) is 0 Å². The normalized spacial score (nSPS) is 8.75. The molecule has 0 bridgehead atoms. The lowest BCUT2D eigenvalue weighted by atomic mass is 10.2. The second-order valence-corrected chi connectivity index (χ2v) is 2.68. The summed E-state index contributed by atoms with van der Waals surface area (Å²) >= 11 is 0. The molecule has 16 heavy (non-hydrogen) atoms. The molecule has 0 spiro atoms. The molecular weight excluding hydrogens is 236 g/mol. The van der Waals surface area contributed by atoms with Crippen LogP contribution in [0.4, 0.5) is 0 Å². The maximum absolute atomic E-state index is 11.3. The van der Waals surface area contributed by atoms with Gasteiger partial charge in [-0.1, -0.05) is 0 Å². The second kappa shape index (κ2) is 5.66. The zero-order chi connectivity index (χ0) is 11.4. The van der Waals surface area contributed by atoms with Crippen LogP contribution in [0, 0.1) is 0 Å². The van der Waals surface area contributed by atoms with Gasteiger partial charge in [-0.15, -0.1) is 17.5 Å². The zero-order valence-corrected chi connectivity index (χ0v) is 8.86. The summed E-state index contributed by atoms with van der Waals surface area (Å²) in [7, 11) is 0. The lowest BCUT2D eigenvalue weighted by molar-refractivity contribution is 0.0954. The fraction of sp³-hybridized carbons (Fsp3) is 0. The summed E-state index contributed by atoms with van der Waals surface area (Å²) in [5.74, 6) is -1.59. The Morgan fingerprint density at radius 3 is 2.38 bits per heavy atom. The van der Waals surface area contributed by atoms with Gasteiger partial charge in [0, 0.05) is 5.56 Å². The Hall–Kier alpha value is -2.15. The molecule has 0 saturated heterocycles. The molecule has 7 nitrogen and oxygen atoms in total. The van der Waals surface area contributed by atoms with Crippen molar-refractivity contribution in [3.8, 4) is 11.5 Å². The standard InChI is InChI=1S/C8H10N4O3.ClH/c9-8(10)12-11-7(15)4-1-2-5(13)6(14)3-4;/h1-3,13-14H,(H,11,15)(H4,9,10,12);1H. The molecule has 0 fully saturated rings.